The lowest BCUT2D eigenvalue weighted by Gasteiger charge is -2.36. The third-order valence-electron chi connectivity index (χ3n) is 4.79. The Kier molecular flexibility index (Phi) is 5.11. The molecule has 134 valence electrons. The van der Waals surface area contributed by atoms with Gasteiger partial charge in [-0.15, -0.1) is 0 Å². The molecule has 0 spiro atoms. The third-order valence-corrected chi connectivity index (χ3v) is 6.64. The Morgan fingerprint density at radius 2 is 1.68 bits per heavy atom. The van der Waals surface area contributed by atoms with Crippen molar-refractivity contribution in [2.24, 2.45) is 0 Å². The highest BCUT2D eigenvalue weighted by molar-refractivity contribution is 7.88. The van der Waals surface area contributed by atoms with Crippen LogP contribution in [0.1, 0.15) is 16.7 Å². The lowest BCUT2D eigenvalue weighted by molar-refractivity contribution is 0.384. The fraction of sp³-hybridized carbons (Fsp3) is 0.368. The number of piperazine rings is 1. The van der Waals surface area contributed by atoms with E-state index in [2.05, 4.69) is 30.9 Å². The summed E-state index contributed by atoms with van der Waals surface area (Å²) in [7, 11) is -3.44. The molecule has 1 aliphatic heterocycles. The van der Waals surface area contributed by atoms with Crippen LogP contribution in [0.3, 0.4) is 0 Å². The van der Waals surface area contributed by atoms with Gasteiger partial charge in [0.05, 0.1) is 5.75 Å². The number of nitrogens with zero attached hydrogens (tertiary/aromatic N) is 2. The molecule has 0 amide bonds. The predicted octanol–water partition coefficient (Wildman–Crippen LogP) is 3.09. The van der Waals surface area contributed by atoms with E-state index < -0.39 is 15.8 Å². The number of anilines is 1. The average molecular weight is 362 g/mol. The van der Waals surface area contributed by atoms with Gasteiger partial charge < -0.3 is 4.90 Å². The van der Waals surface area contributed by atoms with E-state index in [1.54, 1.807) is 12.1 Å². The molecule has 1 heterocycles. The van der Waals surface area contributed by atoms with Crippen LogP contribution in [0, 0.1) is 19.7 Å². The summed E-state index contributed by atoms with van der Waals surface area (Å²) in [5.41, 5.74) is 4.12. The van der Waals surface area contributed by atoms with E-state index in [0.717, 1.165) is 0 Å². The van der Waals surface area contributed by atoms with Crippen LogP contribution in [0.5, 0.6) is 0 Å². The van der Waals surface area contributed by atoms with Crippen molar-refractivity contribution >= 4 is 15.7 Å². The van der Waals surface area contributed by atoms with Crippen LogP contribution in [0.15, 0.2) is 42.5 Å². The zero-order valence-corrected chi connectivity index (χ0v) is 15.4. The van der Waals surface area contributed by atoms with Crippen LogP contribution in [0.25, 0.3) is 0 Å². The second kappa shape index (κ2) is 7.14. The van der Waals surface area contributed by atoms with E-state index in [-0.39, 0.29) is 5.75 Å². The summed E-state index contributed by atoms with van der Waals surface area (Å²) in [5.74, 6) is -0.568. The molecule has 0 bridgehead atoms. The molecule has 4 nitrogen and oxygen atoms in total. The molecule has 0 saturated carbocycles. The minimum absolute atomic E-state index is 0.158. The van der Waals surface area contributed by atoms with Gasteiger partial charge in [0.1, 0.15) is 5.82 Å². The van der Waals surface area contributed by atoms with Crippen molar-refractivity contribution in [3.63, 3.8) is 0 Å². The van der Waals surface area contributed by atoms with Gasteiger partial charge in [-0.3, -0.25) is 0 Å². The molecule has 6 heteroatoms. The molecule has 2 aromatic carbocycles. The normalized spacial score (nSPS) is 16.2. The van der Waals surface area contributed by atoms with Crippen molar-refractivity contribution in [2.75, 3.05) is 31.1 Å². The molecular weight excluding hydrogens is 339 g/mol. The highest BCUT2D eigenvalue weighted by atomic mass is 32.2. The molecule has 0 aromatic heterocycles. The standard InChI is InChI=1S/C19H23FN2O2S/c1-15-5-3-8-19(16(15)2)21-9-11-22(12-10-21)25(23,24)14-17-6-4-7-18(20)13-17/h3-8,13H,9-12,14H2,1-2H3. The molecule has 1 aliphatic rings. The van der Waals surface area contributed by atoms with Crippen LogP contribution in [0.4, 0.5) is 10.1 Å². The quantitative estimate of drug-likeness (QED) is 0.839. The second-order valence-corrected chi connectivity index (χ2v) is 8.46. The Morgan fingerprint density at radius 1 is 1.00 bits per heavy atom. The summed E-state index contributed by atoms with van der Waals surface area (Å²) in [5, 5.41) is 0. The topological polar surface area (TPSA) is 40.6 Å². The van der Waals surface area contributed by atoms with Crippen LogP contribution >= 0.6 is 0 Å². The summed E-state index contributed by atoms with van der Waals surface area (Å²) in [6.45, 7) is 6.39. The maximum absolute atomic E-state index is 13.3. The first-order valence-corrected chi connectivity index (χ1v) is 10.0. The van der Waals surface area contributed by atoms with Gasteiger partial charge in [0.25, 0.3) is 0 Å². The molecule has 25 heavy (non-hydrogen) atoms. The summed E-state index contributed by atoms with van der Waals surface area (Å²) >= 11 is 0. The number of rotatable bonds is 4. The van der Waals surface area contributed by atoms with Gasteiger partial charge in [0.2, 0.25) is 10.0 Å². The van der Waals surface area contributed by atoms with Gasteiger partial charge >= 0.3 is 0 Å². The van der Waals surface area contributed by atoms with Crippen molar-refractivity contribution < 1.29 is 12.8 Å². The van der Waals surface area contributed by atoms with Gasteiger partial charge in [-0.05, 0) is 48.7 Å². The lowest BCUT2D eigenvalue weighted by Crippen LogP contribution is -2.49. The SMILES string of the molecule is Cc1cccc(N2CCN(S(=O)(=O)Cc3cccc(F)c3)CC2)c1C. The zero-order valence-electron chi connectivity index (χ0n) is 14.6. The Morgan fingerprint density at radius 3 is 2.36 bits per heavy atom. The molecule has 0 radical (unpaired) electrons. The molecule has 0 aliphatic carbocycles. The molecule has 1 fully saturated rings. The van der Waals surface area contributed by atoms with Gasteiger partial charge in [-0.2, -0.15) is 4.31 Å². The maximum Gasteiger partial charge on any atom is 0.218 e. The van der Waals surface area contributed by atoms with Crippen molar-refractivity contribution in [1.82, 2.24) is 4.31 Å². The first-order valence-electron chi connectivity index (χ1n) is 8.40. The van der Waals surface area contributed by atoms with E-state index in [0.29, 0.717) is 31.7 Å². The van der Waals surface area contributed by atoms with E-state index in [4.69, 9.17) is 0 Å². The van der Waals surface area contributed by atoms with Gasteiger partial charge in [0.15, 0.2) is 0 Å². The minimum atomic E-state index is -3.44. The van der Waals surface area contributed by atoms with Crippen molar-refractivity contribution in [3.05, 3.63) is 65.0 Å². The molecule has 0 atom stereocenters. The van der Waals surface area contributed by atoms with Gasteiger partial charge in [-0.1, -0.05) is 24.3 Å². The summed E-state index contributed by atoms with van der Waals surface area (Å²) in [6.07, 6.45) is 0. The van der Waals surface area contributed by atoms with E-state index in [1.165, 1.54) is 33.3 Å². The minimum Gasteiger partial charge on any atom is -0.369 e. The first-order chi connectivity index (χ1) is 11.9. The predicted molar refractivity (Wildman–Crippen MR) is 98.7 cm³/mol. The molecule has 0 unspecified atom stereocenters. The van der Waals surface area contributed by atoms with Crippen LogP contribution in [-0.2, 0) is 15.8 Å². The summed E-state index contributed by atoms with van der Waals surface area (Å²) in [4.78, 5) is 2.23. The monoisotopic (exact) mass is 362 g/mol. The fourth-order valence-electron chi connectivity index (χ4n) is 3.21. The van der Waals surface area contributed by atoms with E-state index in [9.17, 15) is 12.8 Å². The van der Waals surface area contributed by atoms with Crippen LogP contribution in [0.2, 0.25) is 0 Å². The Labute approximate surface area is 148 Å². The highest BCUT2D eigenvalue weighted by Gasteiger charge is 2.27. The van der Waals surface area contributed by atoms with E-state index >= 15 is 0 Å². The van der Waals surface area contributed by atoms with E-state index in [1.807, 2.05) is 6.07 Å². The largest absolute Gasteiger partial charge is 0.369 e. The van der Waals surface area contributed by atoms with Crippen molar-refractivity contribution in [2.45, 2.75) is 19.6 Å². The lowest BCUT2D eigenvalue weighted by atomic mass is 10.1. The number of halogens is 1. The van der Waals surface area contributed by atoms with Crippen molar-refractivity contribution in [1.29, 1.82) is 0 Å². The molecule has 0 N–H and O–H groups in total. The number of aryl methyl sites for hydroxylation is 1. The summed E-state index contributed by atoms with van der Waals surface area (Å²) in [6, 6.07) is 12.0. The summed E-state index contributed by atoms with van der Waals surface area (Å²) < 4.78 is 40.0. The molecular formula is C19H23FN2O2S. The Balaban J connectivity index is 1.68. The third kappa shape index (κ3) is 4.02. The maximum atomic E-state index is 13.3. The highest BCUT2D eigenvalue weighted by Crippen LogP contribution is 2.25. The second-order valence-electron chi connectivity index (χ2n) is 6.49. The number of benzene rings is 2. The van der Waals surface area contributed by atoms with Crippen LogP contribution < -0.4 is 4.90 Å². The smallest absolute Gasteiger partial charge is 0.218 e. The van der Waals surface area contributed by atoms with Crippen molar-refractivity contribution in [3.8, 4) is 0 Å². The first kappa shape index (κ1) is 17.9. The number of sulfonamides is 1. The number of hydrogen-bond donors (Lipinski definition) is 0. The molecule has 2 aromatic rings. The molecule has 1 saturated heterocycles. The molecule has 3 rings (SSSR count). The average Bonchev–Trinajstić information content (AvgIpc) is 2.57. The van der Waals surface area contributed by atoms with Gasteiger partial charge in [0, 0.05) is 31.9 Å². The van der Waals surface area contributed by atoms with Gasteiger partial charge in [-0.25, -0.2) is 12.8 Å². The number of hydrogen-bond acceptors (Lipinski definition) is 3. The fourth-order valence-corrected chi connectivity index (χ4v) is 4.72. The Bertz CT molecular complexity index is 859. The zero-order chi connectivity index (χ0) is 18.0. The van der Waals surface area contributed by atoms with Crippen LogP contribution in [-0.4, -0.2) is 38.9 Å². The Hall–Kier alpha value is -1.92.